The summed E-state index contributed by atoms with van der Waals surface area (Å²) in [6.45, 7) is 0. The number of rotatable bonds is 8. The number of nitrogens with zero attached hydrogens (tertiary/aromatic N) is 3. The fourth-order valence-corrected chi connectivity index (χ4v) is 24.5. The normalized spacial score (nSPS) is 11.9. The Balaban J connectivity index is 0.000000102. The van der Waals surface area contributed by atoms with Gasteiger partial charge in [-0.1, -0.05) is 370 Å². The lowest BCUT2D eigenvalue weighted by Gasteiger charge is -2.15. The Morgan fingerprint density at radius 3 is 1.11 bits per heavy atom. The summed E-state index contributed by atoms with van der Waals surface area (Å²) < 4.78 is 15.6. The van der Waals surface area contributed by atoms with Crippen LogP contribution in [0.5, 0.6) is 0 Å². The van der Waals surface area contributed by atoms with Crippen LogP contribution in [0, 0.1) is 0 Å². The second kappa shape index (κ2) is 30.0. The number of fused-ring (bicyclic) bond motifs is 30. The largest absolute Gasteiger partial charge is 0.308 e. The van der Waals surface area contributed by atoms with Crippen LogP contribution in [0.2, 0.25) is 0 Å². The molecule has 0 radical (unpaired) electrons. The van der Waals surface area contributed by atoms with Crippen molar-refractivity contribution in [2.45, 2.75) is 0 Å². The van der Waals surface area contributed by atoms with Crippen molar-refractivity contribution in [1.82, 2.24) is 13.7 Å². The second-order valence-electron chi connectivity index (χ2n) is 33.6. The van der Waals surface area contributed by atoms with Gasteiger partial charge >= 0.3 is 0 Å². The monoisotopic (exact) mass is 1680 g/mol. The number of thiophene rings is 3. The van der Waals surface area contributed by atoms with E-state index in [9.17, 15) is 0 Å². The number of hydrogen-bond donors (Lipinski definition) is 0. The minimum absolute atomic E-state index is 1.17. The van der Waals surface area contributed by atoms with Gasteiger partial charge in [-0.3, -0.25) is 0 Å². The van der Waals surface area contributed by atoms with Crippen molar-refractivity contribution in [2.24, 2.45) is 0 Å². The van der Waals surface area contributed by atoms with Crippen LogP contribution in [0.25, 0.3) is 252 Å². The lowest BCUT2D eigenvalue weighted by atomic mass is 9.96. The highest BCUT2D eigenvalue weighted by molar-refractivity contribution is 7.27. The third kappa shape index (κ3) is 11.8. The Bertz CT molecular complexity index is 9350. The lowest BCUT2D eigenvalue weighted by molar-refractivity contribution is 1.19. The first-order valence-corrected chi connectivity index (χ1v) is 46.3. The van der Waals surface area contributed by atoms with Gasteiger partial charge in [0, 0.05) is 106 Å². The molecule has 0 aliphatic carbocycles. The minimum Gasteiger partial charge on any atom is -0.308 e. The molecule has 0 bridgehead atoms. The van der Waals surface area contributed by atoms with Gasteiger partial charge in [0.1, 0.15) is 0 Å². The Hall–Kier alpha value is -15.8. The van der Waals surface area contributed by atoms with Gasteiger partial charge in [0.25, 0.3) is 0 Å². The van der Waals surface area contributed by atoms with E-state index in [1.807, 2.05) is 34.0 Å². The van der Waals surface area contributed by atoms with Crippen LogP contribution in [0.3, 0.4) is 0 Å². The van der Waals surface area contributed by atoms with Crippen molar-refractivity contribution >= 4 is 214 Å². The van der Waals surface area contributed by atoms with Gasteiger partial charge in [0.2, 0.25) is 0 Å². The molecule has 6 aromatic heterocycles. The summed E-state index contributed by atoms with van der Waals surface area (Å²) in [5.41, 5.74) is 23.5. The van der Waals surface area contributed by atoms with Gasteiger partial charge in [0.15, 0.2) is 0 Å². The quantitative estimate of drug-likeness (QED) is 0.144. The van der Waals surface area contributed by atoms with Crippen LogP contribution in [-0.4, -0.2) is 13.7 Å². The summed E-state index contributed by atoms with van der Waals surface area (Å²) in [5.74, 6) is 0. The summed E-state index contributed by atoms with van der Waals surface area (Å²) >= 11 is 5.73. The van der Waals surface area contributed by atoms with Crippen molar-refractivity contribution in [3.63, 3.8) is 0 Å². The van der Waals surface area contributed by atoms with E-state index in [0.29, 0.717) is 0 Å². The molecule has 0 fully saturated rings. The van der Waals surface area contributed by atoms with E-state index in [1.54, 1.807) is 0 Å². The zero-order valence-electron chi connectivity index (χ0n) is 69.4. The molecule has 3 nitrogen and oxygen atoms in total. The second-order valence-corrected chi connectivity index (χ2v) is 36.7. The first-order valence-electron chi connectivity index (χ1n) is 43.8. The zero-order chi connectivity index (χ0) is 84.0. The van der Waals surface area contributed by atoms with Crippen molar-refractivity contribution in [1.29, 1.82) is 0 Å². The van der Waals surface area contributed by atoms with E-state index in [-0.39, 0.29) is 0 Å². The molecule has 0 aliphatic heterocycles. The third-order valence-corrected chi connectivity index (χ3v) is 30.0. The van der Waals surface area contributed by atoms with E-state index in [0.717, 1.165) is 0 Å². The van der Waals surface area contributed by atoms with E-state index in [2.05, 4.69) is 469 Å². The molecule has 0 aliphatic rings. The van der Waals surface area contributed by atoms with Gasteiger partial charge in [0.05, 0.1) is 42.5 Å². The molecule has 0 amide bonds. The summed E-state index contributed by atoms with van der Waals surface area (Å²) in [6, 6.07) is 166. The standard InChI is InChI=1S/C44H27NS.C40H25NS.C38H23NS/c1-3-13-28(14-4-1)30-23-24-34-38(26-30)44-42(36-20-10-12-22-40(36)46-44)43-41(34)35-19-9-11-21-39(35)45(43)32-25-31-17-7-8-18-33(31)37(27-32)29-15-5-2-6-16-29;1-3-11-26(12-4-1)28-19-22-30(23-20-28)41-35-25-29(27-13-5-2-6-14-27)21-24-33(35)37-31-15-7-8-16-32(31)38-34-17-9-10-18-36(34)42-40(38)39(37)41;1-2-10-24(11-3-1)33-23-28(20-27-14-6-7-15-29(27)33)39-35-22-26-13-5-4-12-25(26)21-34(35)31-18-19-32-30-16-8-9-17-36(30)40-38(32)37(31)39/h1-27H;1-25H;1-23H. The lowest BCUT2D eigenvalue weighted by Crippen LogP contribution is -1.96. The summed E-state index contributed by atoms with van der Waals surface area (Å²) in [7, 11) is 0. The molecule has 0 saturated carbocycles. The van der Waals surface area contributed by atoms with Crippen LogP contribution >= 0.6 is 34.0 Å². The minimum atomic E-state index is 1.17. The molecular formula is C122H75N3S3. The molecule has 0 N–H and O–H groups in total. The number of benzene rings is 22. The molecule has 0 saturated heterocycles. The zero-order valence-corrected chi connectivity index (χ0v) is 71.8. The number of aromatic nitrogens is 3. The molecule has 0 unspecified atom stereocenters. The van der Waals surface area contributed by atoms with Crippen molar-refractivity contribution < 1.29 is 0 Å². The van der Waals surface area contributed by atoms with Crippen LogP contribution in [0.1, 0.15) is 0 Å². The molecule has 6 heterocycles. The Labute approximate surface area is 749 Å². The van der Waals surface area contributed by atoms with Crippen molar-refractivity contribution in [3.8, 4) is 72.7 Å². The summed E-state index contributed by atoms with van der Waals surface area (Å²) in [6.07, 6.45) is 0. The first-order chi connectivity index (χ1) is 63.5. The predicted octanol–water partition coefficient (Wildman–Crippen LogP) is 35.6. The topological polar surface area (TPSA) is 14.8 Å². The Morgan fingerprint density at radius 2 is 0.516 bits per heavy atom. The van der Waals surface area contributed by atoms with E-state index in [4.69, 9.17) is 0 Å². The predicted molar refractivity (Wildman–Crippen MR) is 556 cm³/mol. The molecule has 28 rings (SSSR count). The smallest absolute Gasteiger partial charge is 0.0726 e. The van der Waals surface area contributed by atoms with E-state index >= 15 is 0 Å². The van der Waals surface area contributed by atoms with E-state index < -0.39 is 0 Å². The van der Waals surface area contributed by atoms with E-state index in [1.165, 1.54) is 252 Å². The molecule has 28 aromatic rings. The van der Waals surface area contributed by atoms with Crippen LogP contribution in [0.4, 0.5) is 0 Å². The molecule has 22 aromatic carbocycles. The van der Waals surface area contributed by atoms with Gasteiger partial charge in [-0.25, -0.2) is 0 Å². The molecule has 6 heteroatoms. The fraction of sp³-hybridized carbons (Fsp3) is 0. The van der Waals surface area contributed by atoms with Crippen LogP contribution in [-0.2, 0) is 0 Å². The van der Waals surface area contributed by atoms with Crippen LogP contribution in [0.15, 0.2) is 455 Å². The highest BCUT2D eigenvalue weighted by Gasteiger charge is 2.27. The molecule has 0 atom stereocenters. The van der Waals surface area contributed by atoms with Gasteiger partial charge < -0.3 is 13.7 Å². The fourth-order valence-electron chi connectivity index (χ4n) is 20.7. The molecular weight excluding hydrogens is 1600 g/mol. The highest BCUT2D eigenvalue weighted by Crippen LogP contribution is 2.53. The SMILES string of the molecule is c1ccc(-c2cc(-n3c4cc5ccccc5cc4c4ccc5c6ccccc6sc5c43)cc3ccccc23)cc1.c1ccc(-c2ccc(-n3c4cc(-c5ccccc5)ccc4c4c5ccccc5c5c6ccccc6sc5c43)cc2)cc1.c1ccc(-c2ccc3c(c2)c2sc4ccccc4c2c2c3c3ccccc3n2-c2cc(-c3ccccc3)c3ccccc3c2)cc1. The van der Waals surface area contributed by atoms with Crippen molar-refractivity contribution in [2.75, 3.05) is 0 Å². The van der Waals surface area contributed by atoms with Crippen LogP contribution < -0.4 is 0 Å². The molecule has 596 valence electrons. The average molecular weight is 1680 g/mol. The van der Waals surface area contributed by atoms with Gasteiger partial charge in [-0.15, -0.1) is 34.0 Å². The summed E-state index contributed by atoms with van der Waals surface area (Å²) in [4.78, 5) is 0. The maximum absolute atomic E-state index is 2.54. The first kappa shape index (κ1) is 73.7. The van der Waals surface area contributed by atoms with Gasteiger partial charge in [-0.2, -0.15) is 0 Å². The van der Waals surface area contributed by atoms with Gasteiger partial charge in [-0.05, 0) is 189 Å². The maximum Gasteiger partial charge on any atom is 0.0726 e. The molecule has 0 spiro atoms. The highest BCUT2D eigenvalue weighted by atomic mass is 32.1. The molecule has 128 heavy (non-hydrogen) atoms. The van der Waals surface area contributed by atoms with Crippen molar-refractivity contribution in [3.05, 3.63) is 455 Å². The number of hydrogen-bond acceptors (Lipinski definition) is 3. The average Bonchev–Trinajstić information content (AvgIpc) is 1.46. The summed E-state index contributed by atoms with van der Waals surface area (Å²) in [5, 5.41) is 28.6. The number of para-hydroxylation sites is 1. The Kier molecular flexibility index (Phi) is 17.3. The third-order valence-electron chi connectivity index (χ3n) is 26.5. The maximum atomic E-state index is 2.54. The Morgan fingerprint density at radius 1 is 0.148 bits per heavy atom.